The van der Waals surface area contributed by atoms with Crippen molar-refractivity contribution in [2.24, 2.45) is 16.2 Å². The van der Waals surface area contributed by atoms with E-state index in [1.807, 2.05) is 23.5 Å². The van der Waals surface area contributed by atoms with E-state index >= 15 is 0 Å². The van der Waals surface area contributed by atoms with Crippen LogP contribution in [-0.4, -0.2) is 206 Å². The summed E-state index contributed by atoms with van der Waals surface area (Å²) in [5.41, 5.74) is -1.78. The van der Waals surface area contributed by atoms with Crippen molar-refractivity contribution >= 4 is 86.7 Å². The number of hydrogen-bond acceptors (Lipinski definition) is 19. The predicted octanol–water partition coefficient (Wildman–Crippen LogP) is 5.70. The van der Waals surface area contributed by atoms with Gasteiger partial charge in [-0.05, 0) is 110 Å². The maximum Gasteiger partial charge on any atom is 0.0635 e. The van der Waals surface area contributed by atoms with Crippen LogP contribution in [0.15, 0.2) is 0 Å². The Kier molecular flexibility index (Phi) is 48.6. The summed E-state index contributed by atoms with van der Waals surface area (Å²) in [6.07, 6.45) is 7.88. The fraction of sp³-hybridized carbons (Fsp3) is 1.00. The minimum absolute atomic E-state index is 0.0648. The van der Waals surface area contributed by atoms with Gasteiger partial charge in [0.05, 0.1) is 95.5 Å². The first-order valence-electron chi connectivity index (χ1n) is 22.1. The van der Waals surface area contributed by atoms with E-state index in [4.69, 9.17) is 42.6 Å². The maximum absolute atomic E-state index is 10.5. The number of thioether (sulfide) groups is 2. The summed E-state index contributed by atoms with van der Waals surface area (Å²) in [6.45, 7) is 8.53. The molecular weight excluding hydrogens is 921 g/mol. The number of thiol groups is 5. The molecule has 0 aliphatic rings. The van der Waals surface area contributed by atoms with Crippen molar-refractivity contribution in [1.29, 1.82) is 0 Å². The van der Waals surface area contributed by atoms with Gasteiger partial charge >= 0.3 is 0 Å². The second kappa shape index (κ2) is 47.1. The van der Waals surface area contributed by atoms with Gasteiger partial charge in [0, 0.05) is 59.5 Å². The summed E-state index contributed by atoms with van der Waals surface area (Å²) in [6, 6.07) is 0. The highest BCUT2D eigenvalue weighted by molar-refractivity contribution is 7.99. The highest BCUT2D eigenvalue weighted by Crippen LogP contribution is 2.23. The molecule has 0 unspecified atom stereocenters. The van der Waals surface area contributed by atoms with Crippen molar-refractivity contribution in [2.75, 3.05) is 191 Å². The average molecular weight is 1010 g/mol. The summed E-state index contributed by atoms with van der Waals surface area (Å²) in [7, 11) is 0. The summed E-state index contributed by atoms with van der Waals surface area (Å²) in [5.74, 6) is 7.64. The lowest BCUT2D eigenvalue weighted by Crippen LogP contribution is -2.41. The van der Waals surface area contributed by atoms with Gasteiger partial charge in [-0.3, -0.25) is 0 Å². The van der Waals surface area contributed by atoms with E-state index in [0.717, 1.165) is 110 Å². The van der Waals surface area contributed by atoms with Crippen LogP contribution in [0.2, 0.25) is 0 Å². The molecule has 12 nitrogen and oxygen atoms in total. The molecule has 0 heterocycles. The monoisotopic (exact) mass is 1010 g/mol. The van der Waals surface area contributed by atoms with E-state index in [1.165, 1.54) is 0 Å². The molecule has 0 aromatic carbocycles. The zero-order chi connectivity index (χ0) is 44.9. The molecule has 0 saturated heterocycles. The van der Waals surface area contributed by atoms with Crippen LogP contribution in [0.3, 0.4) is 0 Å². The first kappa shape index (κ1) is 63.0. The summed E-state index contributed by atoms with van der Waals surface area (Å²) >= 11 is 25.0. The summed E-state index contributed by atoms with van der Waals surface area (Å²) in [5, 5.41) is 30.9. The van der Waals surface area contributed by atoms with Crippen LogP contribution in [0.25, 0.3) is 0 Å². The highest BCUT2D eigenvalue weighted by Gasteiger charge is 2.33. The van der Waals surface area contributed by atoms with Gasteiger partial charge in [-0.2, -0.15) is 86.7 Å². The molecule has 0 aromatic rings. The lowest BCUT2D eigenvalue weighted by atomic mass is 9.92. The van der Waals surface area contributed by atoms with Gasteiger partial charge in [-0.15, -0.1) is 0 Å². The number of aliphatic hydroxyl groups is 3. The number of rotatable bonds is 52. The molecule has 3 N–H and O–H groups in total. The van der Waals surface area contributed by atoms with Crippen molar-refractivity contribution in [3.63, 3.8) is 0 Å². The van der Waals surface area contributed by atoms with Crippen molar-refractivity contribution in [3.05, 3.63) is 0 Å². The standard InChI is InChI=1S/C42H86O12S7/c43-28-40(31-46-10-1-19-55,32-47-11-2-20-56)36-51-15-6-24-60-26-8-17-53-38-42(30-45,35-50-14-5-23-59)39-54-18-9-27-61-25-7-16-52-37-41(29-44,33-48-12-3-21-57)34-49-13-4-22-58/h43-45,55-59H,1-39H2. The Bertz CT molecular complexity index is 813. The third-order valence-corrected chi connectivity index (χ3v) is 13.1. The second-order valence-corrected chi connectivity index (χ2v) is 20.2. The van der Waals surface area contributed by atoms with Crippen LogP contribution in [0.1, 0.15) is 57.8 Å². The summed E-state index contributed by atoms with van der Waals surface area (Å²) < 4.78 is 53.4. The maximum atomic E-state index is 10.5. The fourth-order valence-electron chi connectivity index (χ4n) is 5.47. The van der Waals surface area contributed by atoms with Gasteiger partial charge in [-0.25, -0.2) is 0 Å². The van der Waals surface area contributed by atoms with Crippen LogP contribution in [-0.2, 0) is 42.6 Å². The Balaban J connectivity index is 4.45. The van der Waals surface area contributed by atoms with Crippen LogP contribution in [0.4, 0.5) is 0 Å². The van der Waals surface area contributed by atoms with Gasteiger partial charge in [0.25, 0.3) is 0 Å². The number of hydrogen-bond donors (Lipinski definition) is 8. The molecule has 368 valence electrons. The number of ether oxygens (including phenoxy) is 9. The molecule has 0 aliphatic carbocycles. The third-order valence-electron chi connectivity index (χ3n) is 9.22. The molecule has 0 saturated carbocycles. The smallest absolute Gasteiger partial charge is 0.0635 e. The molecule has 0 fully saturated rings. The van der Waals surface area contributed by atoms with Gasteiger partial charge in [-0.1, -0.05) is 0 Å². The molecule has 0 amide bonds. The van der Waals surface area contributed by atoms with E-state index in [0.29, 0.717) is 119 Å². The van der Waals surface area contributed by atoms with E-state index in [-0.39, 0.29) is 19.8 Å². The zero-order valence-corrected chi connectivity index (χ0v) is 43.3. The minimum Gasteiger partial charge on any atom is -0.396 e. The molecule has 0 spiro atoms. The Morgan fingerprint density at radius 1 is 0.279 bits per heavy atom. The number of aliphatic hydroxyl groups excluding tert-OH is 3. The van der Waals surface area contributed by atoms with Gasteiger partial charge < -0.3 is 58.0 Å². The van der Waals surface area contributed by atoms with Crippen LogP contribution in [0, 0.1) is 16.2 Å². The third kappa shape index (κ3) is 36.7. The predicted molar refractivity (Wildman–Crippen MR) is 271 cm³/mol. The van der Waals surface area contributed by atoms with E-state index in [9.17, 15) is 15.3 Å². The Hall–Kier alpha value is 1.97. The normalized spacial score (nSPS) is 12.6. The van der Waals surface area contributed by atoms with Gasteiger partial charge in [0.15, 0.2) is 0 Å². The van der Waals surface area contributed by atoms with E-state index < -0.39 is 16.2 Å². The molecule has 0 radical (unpaired) electrons. The minimum atomic E-state index is -0.621. The largest absolute Gasteiger partial charge is 0.396 e. The van der Waals surface area contributed by atoms with Crippen LogP contribution in [0.5, 0.6) is 0 Å². The van der Waals surface area contributed by atoms with Crippen molar-refractivity contribution in [2.45, 2.75) is 57.8 Å². The molecule has 0 atom stereocenters. The zero-order valence-electron chi connectivity index (χ0n) is 37.1. The van der Waals surface area contributed by atoms with Crippen molar-refractivity contribution in [3.8, 4) is 0 Å². The lowest BCUT2D eigenvalue weighted by molar-refractivity contribution is -0.0924. The first-order valence-corrected chi connectivity index (χ1v) is 27.6. The molecule has 0 aliphatic heterocycles. The van der Waals surface area contributed by atoms with Crippen molar-refractivity contribution in [1.82, 2.24) is 0 Å². The summed E-state index contributed by atoms with van der Waals surface area (Å²) in [4.78, 5) is 0. The Labute approximate surface area is 406 Å². The van der Waals surface area contributed by atoms with Gasteiger partial charge in [0.1, 0.15) is 0 Å². The van der Waals surface area contributed by atoms with Crippen LogP contribution >= 0.6 is 86.7 Å². The quantitative estimate of drug-likeness (QED) is 0.0279. The first-order chi connectivity index (χ1) is 29.9. The SMILES string of the molecule is OCC(COCCCS)(COCCCS)COCCCSCCCOCC(CO)(COCCCS)COCCCSCCCOCC(CO)(COCCCS)COCCCS. The fourth-order valence-corrected chi connectivity index (χ4v) is 7.81. The van der Waals surface area contributed by atoms with Crippen LogP contribution < -0.4 is 0 Å². The highest BCUT2D eigenvalue weighted by atomic mass is 32.2. The lowest BCUT2D eigenvalue weighted by Gasteiger charge is -2.31. The van der Waals surface area contributed by atoms with E-state index in [1.54, 1.807) is 0 Å². The molecule has 0 aromatic heterocycles. The van der Waals surface area contributed by atoms with E-state index in [2.05, 4.69) is 63.1 Å². The van der Waals surface area contributed by atoms with Crippen molar-refractivity contribution < 1.29 is 58.0 Å². The van der Waals surface area contributed by atoms with Gasteiger partial charge in [0.2, 0.25) is 0 Å². The second-order valence-electron chi connectivity index (χ2n) is 15.5. The molecule has 19 heteroatoms. The topological polar surface area (TPSA) is 144 Å². The molecule has 0 bridgehead atoms. The Morgan fingerprint density at radius 3 is 0.590 bits per heavy atom. The average Bonchev–Trinajstić information content (AvgIpc) is 3.28. The molecule has 61 heavy (non-hydrogen) atoms. The molecule has 0 rings (SSSR count). The Morgan fingerprint density at radius 2 is 0.443 bits per heavy atom. The molecular formula is C42H86O12S7.